The van der Waals surface area contributed by atoms with Gasteiger partial charge in [0.25, 0.3) is 0 Å². The van der Waals surface area contributed by atoms with Crippen molar-refractivity contribution in [3.05, 3.63) is 29.3 Å². The summed E-state index contributed by atoms with van der Waals surface area (Å²) in [7, 11) is 1.32. The predicted molar refractivity (Wildman–Crippen MR) is 153 cm³/mol. The van der Waals surface area contributed by atoms with Crippen molar-refractivity contribution in [1.82, 2.24) is 9.80 Å². The molecule has 3 amide bonds. The Hall–Kier alpha value is -3.30. The lowest BCUT2D eigenvalue weighted by molar-refractivity contribution is -0.147. The van der Waals surface area contributed by atoms with E-state index in [4.69, 9.17) is 19.9 Å². The lowest BCUT2D eigenvalue weighted by Gasteiger charge is -2.36. The number of amides is 3. The standard InChI is InChI=1S/C30H46N4O6/c1-19(2)26(31)32-28(36)33-13-10-21(11-14-33)20(3)12-15-39-24-9-8-22-17-25(27(35)38-7)34(18-23(22)16-24)29(37)40-30(4,5)6/h8-9,16,19-21,25H,10-15,17-18H2,1-7H3,(H2,31,32,36)/t20-,25+/m1/s1. The molecule has 2 N–H and O–H groups in total. The van der Waals surface area contributed by atoms with Crippen molar-refractivity contribution in [3.63, 3.8) is 0 Å². The largest absolute Gasteiger partial charge is 0.494 e. The van der Waals surface area contributed by atoms with Crippen LogP contribution in [0.5, 0.6) is 5.75 Å². The average molecular weight is 559 g/mol. The Balaban J connectivity index is 1.54. The molecule has 1 aromatic carbocycles. The molecular weight excluding hydrogens is 512 g/mol. The summed E-state index contributed by atoms with van der Waals surface area (Å²) in [6, 6.07) is 4.84. The number of aliphatic imine (C=N–C) groups is 1. The third-order valence-corrected chi connectivity index (χ3v) is 7.68. The molecule has 0 bridgehead atoms. The third kappa shape index (κ3) is 8.35. The van der Waals surface area contributed by atoms with Crippen LogP contribution in [0.4, 0.5) is 9.59 Å². The van der Waals surface area contributed by atoms with Gasteiger partial charge in [-0.2, -0.15) is 4.99 Å². The number of methoxy groups -OCH3 is 1. The Kier molecular flexibility index (Phi) is 10.4. The van der Waals surface area contributed by atoms with Gasteiger partial charge in [0.1, 0.15) is 23.2 Å². The summed E-state index contributed by atoms with van der Waals surface area (Å²) < 4.78 is 16.6. The Bertz CT molecular complexity index is 1090. The maximum atomic E-state index is 12.9. The van der Waals surface area contributed by atoms with Gasteiger partial charge in [-0.3, -0.25) is 4.90 Å². The first-order valence-electron chi connectivity index (χ1n) is 14.2. The zero-order valence-electron chi connectivity index (χ0n) is 25.1. The fraction of sp³-hybridized carbons (Fsp3) is 0.667. The number of urea groups is 1. The zero-order valence-corrected chi connectivity index (χ0v) is 25.1. The van der Waals surface area contributed by atoms with E-state index in [-0.39, 0.29) is 18.5 Å². The Morgan fingerprint density at radius 1 is 1.10 bits per heavy atom. The van der Waals surface area contributed by atoms with Crippen LogP contribution in [0.3, 0.4) is 0 Å². The number of ether oxygens (including phenoxy) is 3. The number of benzene rings is 1. The molecule has 10 heteroatoms. The van der Waals surface area contributed by atoms with Crippen LogP contribution in [0.2, 0.25) is 0 Å². The first-order valence-corrected chi connectivity index (χ1v) is 14.2. The monoisotopic (exact) mass is 558 g/mol. The normalized spacial score (nSPS) is 19.2. The second-order valence-electron chi connectivity index (χ2n) is 12.2. The van der Waals surface area contributed by atoms with Crippen LogP contribution < -0.4 is 10.5 Å². The molecule has 1 aromatic rings. The fourth-order valence-corrected chi connectivity index (χ4v) is 5.08. The number of amidine groups is 1. The van der Waals surface area contributed by atoms with Crippen LogP contribution >= 0.6 is 0 Å². The van der Waals surface area contributed by atoms with Crippen molar-refractivity contribution in [3.8, 4) is 5.75 Å². The van der Waals surface area contributed by atoms with Gasteiger partial charge < -0.3 is 24.8 Å². The van der Waals surface area contributed by atoms with Gasteiger partial charge in [0.2, 0.25) is 0 Å². The fourth-order valence-electron chi connectivity index (χ4n) is 5.08. The van der Waals surface area contributed by atoms with E-state index in [0.29, 0.717) is 43.8 Å². The SMILES string of the molecule is COC(=O)[C@@H]1Cc2ccc(OCC[C@@H](C)C3CCN(C(=O)N=C(N)C(C)C)CC3)cc2CN1C(=O)OC(C)(C)C. The van der Waals surface area contributed by atoms with E-state index in [2.05, 4.69) is 11.9 Å². The molecule has 2 heterocycles. The molecule has 1 saturated heterocycles. The number of carbonyl (C=O) groups is 3. The molecule has 0 spiro atoms. The number of nitrogens with two attached hydrogens (primary N) is 1. The summed E-state index contributed by atoms with van der Waals surface area (Å²) in [4.78, 5) is 45.0. The molecule has 3 rings (SSSR count). The molecule has 0 aromatic heterocycles. The summed E-state index contributed by atoms with van der Waals surface area (Å²) in [5.74, 6) is 1.65. The number of fused-ring (bicyclic) bond motifs is 1. The van der Waals surface area contributed by atoms with Gasteiger partial charge in [-0.05, 0) is 75.1 Å². The number of esters is 1. The molecule has 40 heavy (non-hydrogen) atoms. The number of hydrogen-bond donors (Lipinski definition) is 1. The van der Waals surface area contributed by atoms with Crippen molar-refractivity contribution >= 4 is 23.9 Å². The smallest absolute Gasteiger partial charge is 0.411 e. The average Bonchev–Trinajstić information content (AvgIpc) is 2.90. The maximum Gasteiger partial charge on any atom is 0.411 e. The van der Waals surface area contributed by atoms with E-state index >= 15 is 0 Å². The zero-order chi connectivity index (χ0) is 29.6. The van der Waals surface area contributed by atoms with E-state index in [9.17, 15) is 14.4 Å². The number of hydrogen-bond acceptors (Lipinski definition) is 6. The summed E-state index contributed by atoms with van der Waals surface area (Å²) in [6.07, 6.45) is 2.57. The number of nitrogens with zero attached hydrogens (tertiary/aromatic N) is 3. The van der Waals surface area contributed by atoms with Gasteiger partial charge >= 0.3 is 18.1 Å². The van der Waals surface area contributed by atoms with Gasteiger partial charge in [0.15, 0.2) is 0 Å². The van der Waals surface area contributed by atoms with Crippen LogP contribution in [0.25, 0.3) is 0 Å². The predicted octanol–water partition coefficient (Wildman–Crippen LogP) is 4.77. The lowest BCUT2D eigenvalue weighted by Crippen LogP contribution is -2.50. The van der Waals surface area contributed by atoms with Crippen molar-refractivity contribution in [2.24, 2.45) is 28.5 Å². The van der Waals surface area contributed by atoms with Gasteiger partial charge in [0.05, 0.1) is 20.3 Å². The highest BCUT2D eigenvalue weighted by atomic mass is 16.6. The lowest BCUT2D eigenvalue weighted by atomic mass is 9.84. The second-order valence-corrected chi connectivity index (χ2v) is 12.2. The molecule has 2 aliphatic heterocycles. The van der Waals surface area contributed by atoms with Gasteiger partial charge in [-0.25, -0.2) is 14.4 Å². The number of carbonyl (C=O) groups excluding carboxylic acids is 3. The molecule has 10 nitrogen and oxygen atoms in total. The summed E-state index contributed by atoms with van der Waals surface area (Å²) >= 11 is 0. The molecule has 2 aliphatic rings. The highest BCUT2D eigenvalue weighted by Crippen LogP contribution is 2.30. The van der Waals surface area contributed by atoms with Gasteiger partial charge in [-0.1, -0.05) is 26.8 Å². The first kappa shape index (κ1) is 31.2. The minimum Gasteiger partial charge on any atom is -0.494 e. The van der Waals surface area contributed by atoms with Crippen LogP contribution in [0.1, 0.15) is 71.9 Å². The van der Waals surface area contributed by atoms with Crippen LogP contribution in [-0.4, -0.2) is 72.2 Å². The molecule has 0 unspecified atom stereocenters. The molecule has 1 fully saturated rings. The number of piperidine rings is 1. The second kappa shape index (κ2) is 13.4. The quantitative estimate of drug-likeness (QED) is 0.290. The Morgan fingerprint density at radius 3 is 2.38 bits per heavy atom. The summed E-state index contributed by atoms with van der Waals surface area (Å²) in [5.41, 5.74) is 7.08. The highest BCUT2D eigenvalue weighted by Gasteiger charge is 2.38. The van der Waals surface area contributed by atoms with E-state index < -0.39 is 23.7 Å². The number of likely N-dealkylation sites (tertiary alicyclic amines) is 1. The van der Waals surface area contributed by atoms with Crippen LogP contribution in [0.15, 0.2) is 23.2 Å². The van der Waals surface area contributed by atoms with Crippen LogP contribution in [-0.2, 0) is 27.2 Å². The topological polar surface area (TPSA) is 124 Å². The summed E-state index contributed by atoms with van der Waals surface area (Å²) in [5, 5.41) is 0. The van der Waals surface area contributed by atoms with Crippen molar-refractivity contribution in [2.75, 3.05) is 26.8 Å². The van der Waals surface area contributed by atoms with Crippen molar-refractivity contribution in [1.29, 1.82) is 0 Å². The Morgan fingerprint density at radius 2 is 1.77 bits per heavy atom. The van der Waals surface area contributed by atoms with Gasteiger partial charge in [-0.15, -0.1) is 0 Å². The van der Waals surface area contributed by atoms with E-state index in [1.807, 2.05) is 32.0 Å². The van der Waals surface area contributed by atoms with Crippen LogP contribution in [0, 0.1) is 17.8 Å². The van der Waals surface area contributed by atoms with E-state index in [1.54, 1.807) is 25.7 Å². The van der Waals surface area contributed by atoms with Gasteiger partial charge in [0, 0.05) is 25.4 Å². The maximum absolute atomic E-state index is 12.9. The minimum absolute atomic E-state index is 0.0531. The molecule has 2 atom stereocenters. The highest BCUT2D eigenvalue weighted by molar-refractivity contribution is 5.93. The van der Waals surface area contributed by atoms with E-state index in [1.165, 1.54) is 12.0 Å². The minimum atomic E-state index is -0.735. The Labute approximate surface area is 238 Å². The first-order chi connectivity index (χ1) is 18.8. The molecule has 0 aliphatic carbocycles. The molecule has 222 valence electrons. The van der Waals surface area contributed by atoms with Crippen molar-refractivity contribution < 1.29 is 28.6 Å². The van der Waals surface area contributed by atoms with Crippen molar-refractivity contribution in [2.45, 2.75) is 85.4 Å². The number of rotatable bonds is 7. The third-order valence-electron chi connectivity index (χ3n) is 7.68. The molecular formula is C30H46N4O6. The van der Waals surface area contributed by atoms with E-state index in [0.717, 1.165) is 36.1 Å². The summed E-state index contributed by atoms with van der Waals surface area (Å²) in [6.45, 7) is 13.6. The molecule has 0 saturated carbocycles. The molecule has 0 radical (unpaired) electrons.